The molecule has 0 aliphatic heterocycles. The molecule has 0 aromatic heterocycles. The van der Waals surface area contributed by atoms with Crippen molar-refractivity contribution in [1.29, 1.82) is 0 Å². The number of carbonyl (C=O) groups excluding carboxylic acids is 3. The van der Waals surface area contributed by atoms with E-state index < -0.39 is 64.8 Å². The minimum absolute atomic E-state index is 0.686. The molecule has 0 aromatic carbocycles. The van der Waals surface area contributed by atoms with E-state index in [1.54, 1.807) is 0 Å². The fourth-order valence-corrected chi connectivity index (χ4v) is 3.33. The van der Waals surface area contributed by atoms with Crippen LogP contribution in [0.15, 0.2) is 0 Å². The van der Waals surface area contributed by atoms with Gasteiger partial charge >= 0.3 is 18.0 Å². The smallest absolute Gasteiger partial charge is 0.460 e. The highest BCUT2D eigenvalue weighted by atomic mass is 19.4. The van der Waals surface area contributed by atoms with Gasteiger partial charge in [-0.3, -0.25) is 4.79 Å². The molecule has 0 aromatic rings. The molecule has 2 unspecified atom stereocenters. The first kappa shape index (κ1) is 22.2. The van der Waals surface area contributed by atoms with E-state index in [4.69, 9.17) is 0 Å². The fourth-order valence-electron chi connectivity index (χ4n) is 3.33. The van der Waals surface area contributed by atoms with Crippen LogP contribution in [0.2, 0.25) is 0 Å². The molecule has 1 saturated carbocycles. The van der Waals surface area contributed by atoms with Gasteiger partial charge in [0.2, 0.25) is 5.78 Å². The third-order valence-corrected chi connectivity index (χ3v) is 5.67. The second-order valence-corrected chi connectivity index (χ2v) is 6.91. The lowest BCUT2D eigenvalue weighted by atomic mass is 9.56. The van der Waals surface area contributed by atoms with Gasteiger partial charge in [0, 0.05) is 11.4 Å². The van der Waals surface area contributed by atoms with Crippen LogP contribution in [0.4, 0.5) is 30.7 Å². The number of aliphatic carboxylic acids is 2. The summed E-state index contributed by atoms with van der Waals surface area (Å²) in [4.78, 5) is 34.9. The Morgan fingerprint density at radius 2 is 1.23 bits per heavy atom. The zero-order chi connectivity index (χ0) is 21.1. The van der Waals surface area contributed by atoms with Crippen molar-refractivity contribution in [3.8, 4) is 0 Å². The number of hydrogen-bond acceptors (Lipinski definition) is 5. The van der Waals surface area contributed by atoms with Crippen molar-refractivity contribution in [2.45, 2.75) is 51.6 Å². The highest BCUT2D eigenvalue weighted by Crippen LogP contribution is 2.65. The average Bonchev–Trinajstić information content (AvgIpc) is 2.66. The van der Waals surface area contributed by atoms with Crippen LogP contribution < -0.4 is 10.2 Å². The van der Waals surface area contributed by atoms with Crippen molar-refractivity contribution >= 4 is 17.7 Å². The highest BCUT2D eigenvalue weighted by molar-refractivity contribution is 6.08. The number of carbonyl (C=O) groups is 3. The molecular formula is C14H13F7O5-2. The number of carboxylic acids is 2. The van der Waals surface area contributed by atoms with Gasteiger partial charge in [0.15, 0.2) is 0 Å². The molecule has 0 spiro atoms. The lowest BCUT2D eigenvalue weighted by molar-refractivity contribution is -0.351. The van der Waals surface area contributed by atoms with E-state index in [9.17, 15) is 55.3 Å². The molecule has 0 heterocycles. The van der Waals surface area contributed by atoms with Gasteiger partial charge in [0.05, 0.1) is 11.4 Å². The third-order valence-electron chi connectivity index (χ3n) is 5.67. The van der Waals surface area contributed by atoms with Crippen LogP contribution >= 0.6 is 0 Å². The summed E-state index contributed by atoms with van der Waals surface area (Å²) in [7, 11) is 0. The summed E-state index contributed by atoms with van der Waals surface area (Å²) in [5, 5.41) is 22.8. The van der Waals surface area contributed by atoms with Crippen molar-refractivity contribution in [1.82, 2.24) is 0 Å². The molecule has 0 N–H and O–H groups in total. The average molecular weight is 394 g/mol. The van der Waals surface area contributed by atoms with Crippen LogP contribution in [0, 0.1) is 16.2 Å². The molecule has 0 bridgehead atoms. The summed E-state index contributed by atoms with van der Waals surface area (Å²) in [6.07, 6.45) is -8.90. The number of alkyl halides is 7. The van der Waals surface area contributed by atoms with Crippen molar-refractivity contribution < 1.29 is 55.3 Å². The third kappa shape index (κ3) is 2.33. The predicted octanol–water partition coefficient (Wildman–Crippen LogP) is 0.701. The Labute approximate surface area is 142 Å². The van der Waals surface area contributed by atoms with Crippen molar-refractivity contribution in [2.75, 3.05) is 0 Å². The van der Waals surface area contributed by atoms with Gasteiger partial charge in [-0.25, -0.2) is 0 Å². The Kier molecular flexibility index (Phi) is 4.74. The second kappa shape index (κ2) is 5.56. The number of Topliss-reactive ketones (excluding diaryl/α,β-unsaturated/α-hetero) is 1. The van der Waals surface area contributed by atoms with Crippen LogP contribution in [0.5, 0.6) is 0 Å². The molecule has 1 aliphatic rings. The van der Waals surface area contributed by atoms with Gasteiger partial charge in [-0.05, 0) is 18.3 Å². The number of hydrogen-bond donors (Lipinski definition) is 0. The standard InChI is InChI=1S/C14H15F7O5/c1-9(2)10(3,7(23)24)4-5-11(9,8(25)26)6(22)12(15,16)13(17,18)14(19,20)21/h4-5H2,1-3H3,(H,23,24)(H,25,26)/p-2. The minimum atomic E-state index is -6.88. The number of ketones is 1. The topological polar surface area (TPSA) is 97.3 Å². The van der Waals surface area contributed by atoms with E-state index in [2.05, 4.69) is 0 Å². The van der Waals surface area contributed by atoms with Crippen LogP contribution in [0.25, 0.3) is 0 Å². The fraction of sp³-hybridized carbons (Fsp3) is 0.786. The molecule has 150 valence electrons. The number of rotatable bonds is 5. The molecule has 1 fully saturated rings. The Morgan fingerprint density at radius 1 is 0.808 bits per heavy atom. The number of carboxylic acid groups (broad SMARTS) is 2. The van der Waals surface area contributed by atoms with Gasteiger partial charge < -0.3 is 19.8 Å². The van der Waals surface area contributed by atoms with E-state index in [1.807, 2.05) is 0 Å². The maximum Gasteiger partial charge on any atom is 0.460 e. The summed E-state index contributed by atoms with van der Waals surface area (Å²) in [5.41, 5.74) is -8.42. The second-order valence-electron chi connectivity index (χ2n) is 6.91. The molecule has 0 radical (unpaired) electrons. The minimum Gasteiger partial charge on any atom is -0.550 e. The van der Waals surface area contributed by atoms with Crippen LogP contribution in [-0.2, 0) is 14.4 Å². The van der Waals surface area contributed by atoms with Crippen LogP contribution in [-0.4, -0.2) is 35.7 Å². The lowest BCUT2D eigenvalue weighted by Gasteiger charge is -2.50. The molecular weight excluding hydrogens is 381 g/mol. The van der Waals surface area contributed by atoms with E-state index in [0.717, 1.165) is 6.92 Å². The van der Waals surface area contributed by atoms with E-state index in [0.29, 0.717) is 13.8 Å². The molecule has 1 aliphatic carbocycles. The Morgan fingerprint density at radius 3 is 1.50 bits per heavy atom. The van der Waals surface area contributed by atoms with Crippen molar-refractivity contribution in [3.05, 3.63) is 0 Å². The molecule has 0 saturated heterocycles. The Hall–Kier alpha value is -1.88. The first-order valence-electron chi connectivity index (χ1n) is 7.05. The summed E-state index contributed by atoms with van der Waals surface area (Å²) in [5.74, 6) is -21.3. The monoisotopic (exact) mass is 394 g/mol. The van der Waals surface area contributed by atoms with Gasteiger partial charge in [-0.15, -0.1) is 0 Å². The first-order valence-corrected chi connectivity index (χ1v) is 7.05. The summed E-state index contributed by atoms with van der Waals surface area (Å²) >= 11 is 0. The van der Waals surface area contributed by atoms with E-state index in [1.165, 1.54) is 0 Å². The maximum atomic E-state index is 13.9. The van der Waals surface area contributed by atoms with E-state index in [-0.39, 0.29) is 0 Å². The molecule has 1 rings (SSSR count). The SMILES string of the molecule is CC1(C(=O)[O-])CCC(C(=O)[O-])(C(=O)C(F)(F)C(F)(F)C(F)(F)F)C1(C)C. The summed E-state index contributed by atoms with van der Waals surface area (Å²) in [6, 6.07) is 0. The maximum absolute atomic E-state index is 13.9. The highest BCUT2D eigenvalue weighted by Gasteiger charge is 2.80. The van der Waals surface area contributed by atoms with Gasteiger partial charge in [0.1, 0.15) is 0 Å². The van der Waals surface area contributed by atoms with Crippen molar-refractivity contribution in [3.63, 3.8) is 0 Å². The molecule has 12 heteroatoms. The van der Waals surface area contributed by atoms with Crippen LogP contribution in [0.3, 0.4) is 0 Å². The number of halogens is 7. The van der Waals surface area contributed by atoms with Gasteiger partial charge in [0.25, 0.3) is 0 Å². The Bertz CT molecular complexity index is 655. The lowest BCUT2D eigenvalue weighted by Crippen LogP contribution is -2.67. The van der Waals surface area contributed by atoms with Crippen LogP contribution in [0.1, 0.15) is 33.6 Å². The molecule has 5 nitrogen and oxygen atoms in total. The van der Waals surface area contributed by atoms with Gasteiger partial charge in [-0.2, -0.15) is 30.7 Å². The summed E-state index contributed by atoms with van der Waals surface area (Å²) < 4.78 is 91.1. The normalized spacial score (nSPS) is 29.5. The summed E-state index contributed by atoms with van der Waals surface area (Å²) in [6.45, 7) is 2.19. The quantitative estimate of drug-likeness (QED) is 0.505. The molecule has 0 amide bonds. The zero-order valence-corrected chi connectivity index (χ0v) is 13.6. The van der Waals surface area contributed by atoms with Crippen molar-refractivity contribution in [2.24, 2.45) is 16.2 Å². The zero-order valence-electron chi connectivity index (χ0n) is 13.6. The van der Waals surface area contributed by atoms with Gasteiger partial charge in [-0.1, -0.05) is 20.8 Å². The van der Waals surface area contributed by atoms with E-state index >= 15 is 0 Å². The molecule has 2 atom stereocenters. The Balaban J connectivity index is 3.70. The largest absolute Gasteiger partial charge is 0.550 e. The molecule has 26 heavy (non-hydrogen) atoms. The first-order chi connectivity index (χ1) is 11.2. The predicted molar refractivity (Wildman–Crippen MR) is 64.5 cm³/mol.